The predicted molar refractivity (Wildman–Crippen MR) is 80.1 cm³/mol. The van der Waals surface area contributed by atoms with E-state index in [1.165, 1.54) is 0 Å². The first-order valence-corrected chi connectivity index (χ1v) is 7.39. The maximum atomic E-state index is 11.7. The number of carbonyl (C=O) groups is 1. The average molecular weight is 313 g/mol. The van der Waals surface area contributed by atoms with E-state index in [1.54, 1.807) is 6.20 Å². The average Bonchev–Trinajstić information content (AvgIpc) is 2.73. The van der Waals surface area contributed by atoms with Crippen molar-refractivity contribution in [3.8, 4) is 0 Å². The molecular weight excluding hydrogens is 292 g/mol. The first kappa shape index (κ1) is 16.0. The molecule has 1 aliphatic rings. The molecule has 1 unspecified atom stereocenters. The number of halogens is 1. The van der Waals surface area contributed by atoms with Crippen molar-refractivity contribution in [2.24, 2.45) is 0 Å². The van der Waals surface area contributed by atoms with Crippen LogP contribution in [0.5, 0.6) is 0 Å². The SMILES string of the molecule is CC(C)(C)OC(=O)NC1CCN(Cc2ccnc(Cl)n2)C1. The summed E-state index contributed by atoms with van der Waals surface area (Å²) in [6.45, 7) is 7.95. The summed E-state index contributed by atoms with van der Waals surface area (Å²) in [5.41, 5.74) is 0.410. The first-order chi connectivity index (χ1) is 9.82. The maximum absolute atomic E-state index is 11.7. The Labute approximate surface area is 129 Å². The van der Waals surface area contributed by atoms with Crippen molar-refractivity contribution < 1.29 is 9.53 Å². The van der Waals surface area contributed by atoms with E-state index in [0.717, 1.165) is 25.2 Å². The largest absolute Gasteiger partial charge is 0.444 e. The predicted octanol–water partition coefficient (Wildman–Crippen LogP) is 2.23. The third-order valence-corrected chi connectivity index (χ3v) is 3.24. The Balaban J connectivity index is 1.80. The summed E-state index contributed by atoms with van der Waals surface area (Å²) in [4.78, 5) is 22.0. The molecule has 0 saturated carbocycles. The van der Waals surface area contributed by atoms with Gasteiger partial charge in [-0.3, -0.25) is 4.90 Å². The van der Waals surface area contributed by atoms with E-state index in [1.807, 2.05) is 26.8 Å². The van der Waals surface area contributed by atoms with Crippen LogP contribution in [0.3, 0.4) is 0 Å². The molecule has 0 radical (unpaired) electrons. The van der Waals surface area contributed by atoms with E-state index < -0.39 is 5.60 Å². The van der Waals surface area contributed by atoms with Crippen LogP contribution in [-0.4, -0.2) is 45.7 Å². The lowest BCUT2D eigenvalue weighted by Gasteiger charge is -2.22. The molecule has 2 heterocycles. The Morgan fingerprint density at radius 3 is 3.00 bits per heavy atom. The summed E-state index contributed by atoms with van der Waals surface area (Å²) in [6.07, 6.45) is 2.19. The van der Waals surface area contributed by atoms with Crippen molar-refractivity contribution in [1.82, 2.24) is 20.2 Å². The molecule has 1 fully saturated rings. The molecule has 1 aromatic heterocycles. The number of hydrogen-bond acceptors (Lipinski definition) is 5. The van der Waals surface area contributed by atoms with Crippen LogP contribution in [0.15, 0.2) is 12.3 Å². The Hall–Kier alpha value is -1.40. The van der Waals surface area contributed by atoms with Crippen molar-refractivity contribution in [3.63, 3.8) is 0 Å². The lowest BCUT2D eigenvalue weighted by Crippen LogP contribution is -2.40. The van der Waals surface area contributed by atoms with Crippen LogP contribution >= 0.6 is 11.6 Å². The van der Waals surface area contributed by atoms with Gasteiger partial charge in [0.2, 0.25) is 5.28 Å². The maximum Gasteiger partial charge on any atom is 0.407 e. The Bertz CT molecular complexity index is 504. The minimum absolute atomic E-state index is 0.108. The van der Waals surface area contributed by atoms with Gasteiger partial charge in [-0.2, -0.15) is 0 Å². The fourth-order valence-electron chi connectivity index (χ4n) is 2.25. The third-order valence-electron chi connectivity index (χ3n) is 3.06. The van der Waals surface area contributed by atoms with Crippen LogP contribution in [0.2, 0.25) is 5.28 Å². The molecule has 2 rings (SSSR count). The molecule has 1 aliphatic heterocycles. The van der Waals surface area contributed by atoms with Crippen LogP contribution in [0.25, 0.3) is 0 Å². The molecule has 21 heavy (non-hydrogen) atoms. The molecule has 1 N–H and O–H groups in total. The second-order valence-electron chi connectivity index (χ2n) is 6.18. The van der Waals surface area contributed by atoms with Crippen LogP contribution < -0.4 is 5.32 Å². The lowest BCUT2D eigenvalue weighted by molar-refractivity contribution is 0.0506. The van der Waals surface area contributed by atoms with Gasteiger partial charge >= 0.3 is 6.09 Å². The van der Waals surface area contributed by atoms with E-state index >= 15 is 0 Å². The van der Waals surface area contributed by atoms with E-state index in [0.29, 0.717) is 6.54 Å². The molecule has 1 aromatic rings. The van der Waals surface area contributed by atoms with Crippen LogP contribution in [-0.2, 0) is 11.3 Å². The first-order valence-electron chi connectivity index (χ1n) is 7.01. The molecule has 1 atom stereocenters. The zero-order valence-corrected chi connectivity index (χ0v) is 13.4. The zero-order chi connectivity index (χ0) is 15.5. The second-order valence-corrected chi connectivity index (χ2v) is 6.52. The van der Waals surface area contributed by atoms with E-state index in [2.05, 4.69) is 20.2 Å². The quantitative estimate of drug-likeness (QED) is 0.867. The van der Waals surface area contributed by atoms with Gasteiger partial charge in [0.15, 0.2) is 0 Å². The van der Waals surface area contributed by atoms with Crippen molar-refractivity contribution in [2.45, 2.75) is 45.4 Å². The summed E-state index contributed by atoms with van der Waals surface area (Å²) in [5, 5.41) is 3.16. The van der Waals surface area contributed by atoms with Gasteiger partial charge in [-0.1, -0.05) is 0 Å². The second kappa shape index (κ2) is 6.58. The fourth-order valence-corrected chi connectivity index (χ4v) is 2.42. The molecule has 1 amide bonds. The topological polar surface area (TPSA) is 67.3 Å². The molecule has 0 spiro atoms. The Morgan fingerprint density at radius 2 is 2.33 bits per heavy atom. The van der Waals surface area contributed by atoms with Crippen molar-refractivity contribution in [2.75, 3.05) is 13.1 Å². The number of ether oxygens (including phenoxy) is 1. The highest BCUT2D eigenvalue weighted by atomic mass is 35.5. The van der Waals surface area contributed by atoms with Gasteiger partial charge in [0, 0.05) is 31.9 Å². The highest BCUT2D eigenvalue weighted by Gasteiger charge is 2.26. The number of hydrogen-bond donors (Lipinski definition) is 1. The Kier molecular flexibility index (Phi) is 5.00. The minimum Gasteiger partial charge on any atom is -0.444 e. The number of rotatable bonds is 3. The van der Waals surface area contributed by atoms with Gasteiger partial charge in [-0.25, -0.2) is 14.8 Å². The van der Waals surface area contributed by atoms with Crippen LogP contribution in [0.4, 0.5) is 4.79 Å². The van der Waals surface area contributed by atoms with E-state index in [-0.39, 0.29) is 17.4 Å². The van der Waals surface area contributed by atoms with Gasteiger partial charge in [-0.15, -0.1) is 0 Å². The number of nitrogens with zero attached hydrogens (tertiary/aromatic N) is 3. The molecule has 0 bridgehead atoms. The standard InChI is InChI=1S/C14H21ClN4O2/c1-14(2,3)21-13(20)18-11-5-7-19(9-11)8-10-4-6-16-12(15)17-10/h4,6,11H,5,7-9H2,1-3H3,(H,18,20). The summed E-state index contributed by atoms with van der Waals surface area (Å²) in [6, 6.07) is 1.96. The molecule has 116 valence electrons. The van der Waals surface area contributed by atoms with Gasteiger partial charge in [0.25, 0.3) is 0 Å². The van der Waals surface area contributed by atoms with Crippen molar-refractivity contribution in [1.29, 1.82) is 0 Å². The number of amides is 1. The molecule has 7 heteroatoms. The minimum atomic E-state index is -0.472. The molecule has 0 aromatic carbocycles. The fraction of sp³-hybridized carbons (Fsp3) is 0.643. The summed E-state index contributed by atoms with van der Waals surface area (Å²) >= 11 is 5.78. The molecule has 0 aliphatic carbocycles. The highest BCUT2D eigenvalue weighted by Crippen LogP contribution is 2.14. The van der Waals surface area contributed by atoms with Crippen molar-refractivity contribution in [3.05, 3.63) is 23.2 Å². The number of alkyl carbamates (subject to hydrolysis) is 1. The summed E-state index contributed by atoms with van der Waals surface area (Å²) in [5.74, 6) is 0. The smallest absolute Gasteiger partial charge is 0.407 e. The number of nitrogens with one attached hydrogen (secondary N) is 1. The summed E-state index contributed by atoms with van der Waals surface area (Å²) in [7, 11) is 0. The van der Waals surface area contributed by atoms with E-state index in [9.17, 15) is 4.79 Å². The van der Waals surface area contributed by atoms with Crippen LogP contribution in [0, 0.1) is 0 Å². The normalized spacial score (nSPS) is 19.5. The van der Waals surface area contributed by atoms with Gasteiger partial charge in [0.05, 0.1) is 5.69 Å². The highest BCUT2D eigenvalue weighted by molar-refractivity contribution is 6.28. The van der Waals surface area contributed by atoms with Gasteiger partial charge in [0.1, 0.15) is 5.60 Å². The lowest BCUT2D eigenvalue weighted by atomic mass is 10.2. The number of likely N-dealkylation sites (tertiary alicyclic amines) is 1. The number of carbonyl (C=O) groups excluding carboxylic acids is 1. The number of aromatic nitrogens is 2. The monoisotopic (exact) mass is 312 g/mol. The summed E-state index contributed by atoms with van der Waals surface area (Å²) < 4.78 is 5.26. The Morgan fingerprint density at radius 1 is 1.57 bits per heavy atom. The molecule has 1 saturated heterocycles. The van der Waals surface area contributed by atoms with E-state index in [4.69, 9.17) is 16.3 Å². The zero-order valence-electron chi connectivity index (χ0n) is 12.6. The van der Waals surface area contributed by atoms with Gasteiger partial charge in [-0.05, 0) is 44.9 Å². The van der Waals surface area contributed by atoms with Crippen molar-refractivity contribution >= 4 is 17.7 Å². The van der Waals surface area contributed by atoms with Crippen LogP contribution in [0.1, 0.15) is 32.9 Å². The third kappa shape index (κ3) is 5.47. The molecular formula is C14H21ClN4O2. The van der Waals surface area contributed by atoms with Gasteiger partial charge < -0.3 is 10.1 Å². The molecule has 6 nitrogen and oxygen atoms in total.